The van der Waals surface area contributed by atoms with Gasteiger partial charge >= 0.3 is 0 Å². The van der Waals surface area contributed by atoms with Gasteiger partial charge in [0.2, 0.25) is 0 Å². The molecule has 3 heterocycles. The van der Waals surface area contributed by atoms with Crippen LogP contribution in [0.4, 0.5) is 4.39 Å². The monoisotopic (exact) mass is 446 g/mol. The molecule has 0 unspecified atom stereocenters. The summed E-state index contributed by atoms with van der Waals surface area (Å²) in [6.45, 7) is 3.31. The number of aryl methyl sites for hydroxylation is 1. The van der Waals surface area contributed by atoms with Crippen LogP contribution in [-0.2, 0) is 19.7 Å². The zero-order valence-corrected chi connectivity index (χ0v) is 18.4. The number of nitrogens with zero attached hydrogens (tertiary/aromatic N) is 4. The summed E-state index contributed by atoms with van der Waals surface area (Å²) in [5.74, 6) is -0.247. The van der Waals surface area contributed by atoms with Gasteiger partial charge in [-0.05, 0) is 30.2 Å². The molecule has 0 saturated carbocycles. The summed E-state index contributed by atoms with van der Waals surface area (Å²) >= 11 is 0. The van der Waals surface area contributed by atoms with E-state index in [1.54, 1.807) is 24.1 Å². The van der Waals surface area contributed by atoms with E-state index in [0.717, 1.165) is 11.1 Å². The number of fused-ring (bicyclic) bond motifs is 3. The zero-order chi connectivity index (χ0) is 23.1. The summed E-state index contributed by atoms with van der Waals surface area (Å²) in [4.78, 5) is 28.3. The maximum Gasteiger partial charge on any atom is 0.280 e. The Labute approximate surface area is 189 Å². The molecule has 2 aromatic carbocycles. The maximum absolute atomic E-state index is 13.6. The van der Waals surface area contributed by atoms with Crippen LogP contribution >= 0.6 is 0 Å². The second-order valence-electron chi connectivity index (χ2n) is 8.23. The van der Waals surface area contributed by atoms with Gasteiger partial charge in [0, 0.05) is 20.1 Å². The molecule has 2 aromatic heterocycles. The smallest absolute Gasteiger partial charge is 0.280 e. The largest absolute Gasteiger partial charge is 0.486 e. The second-order valence-corrected chi connectivity index (χ2v) is 8.23. The topological polar surface area (TPSA) is 69.4 Å². The number of amides is 1. The number of rotatable bonds is 5. The van der Waals surface area contributed by atoms with E-state index >= 15 is 0 Å². The van der Waals surface area contributed by atoms with Crippen LogP contribution in [0.15, 0.2) is 59.4 Å². The summed E-state index contributed by atoms with van der Waals surface area (Å²) in [5.41, 5.74) is 2.95. The van der Waals surface area contributed by atoms with Crippen LogP contribution in [0.25, 0.3) is 10.9 Å². The summed E-state index contributed by atoms with van der Waals surface area (Å²) in [7, 11) is 1.74. The van der Waals surface area contributed by atoms with Crippen LogP contribution in [0, 0.1) is 12.7 Å². The molecule has 1 aliphatic rings. The Hall–Kier alpha value is -3.94. The van der Waals surface area contributed by atoms with Crippen LogP contribution in [-0.4, -0.2) is 38.7 Å². The molecular weight excluding hydrogens is 423 g/mol. The first-order chi connectivity index (χ1) is 15.9. The minimum Gasteiger partial charge on any atom is -0.486 e. The average molecular weight is 446 g/mol. The quantitative estimate of drug-likeness (QED) is 0.472. The van der Waals surface area contributed by atoms with Gasteiger partial charge in [-0.1, -0.05) is 42.5 Å². The Kier molecular flexibility index (Phi) is 5.20. The average Bonchev–Trinajstić information content (AvgIpc) is 3.16. The van der Waals surface area contributed by atoms with Crippen molar-refractivity contribution in [3.05, 3.63) is 93.3 Å². The predicted octanol–water partition coefficient (Wildman–Crippen LogP) is 3.36. The van der Waals surface area contributed by atoms with Crippen molar-refractivity contribution in [2.24, 2.45) is 0 Å². The first-order valence-corrected chi connectivity index (χ1v) is 10.7. The van der Waals surface area contributed by atoms with E-state index in [-0.39, 0.29) is 36.2 Å². The molecule has 0 atom stereocenters. The second kappa shape index (κ2) is 8.20. The number of carbonyl (C=O) groups excluding carboxylic acids is 1. The van der Waals surface area contributed by atoms with Gasteiger partial charge in [0.05, 0.1) is 17.8 Å². The molecule has 0 spiro atoms. The van der Waals surface area contributed by atoms with E-state index < -0.39 is 0 Å². The third kappa shape index (κ3) is 3.67. The van der Waals surface area contributed by atoms with Gasteiger partial charge < -0.3 is 14.2 Å². The Morgan fingerprint density at radius 1 is 1.00 bits per heavy atom. The van der Waals surface area contributed by atoms with Crippen LogP contribution in [0.5, 0.6) is 5.75 Å². The van der Waals surface area contributed by atoms with E-state index in [1.165, 1.54) is 16.8 Å². The minimum absolute atomic E-state index is 0.183. The molecule has 0 saturated heterocycles. The fourth-order valence-electron chi connectivity index (χ4n) is 4.28. The molecule has 1 amide bonds. The van der Waals surface area contributed by atoms with Gasteiger partial charge in [-0.25, -0.2) is 9.07 Å². The Bertz CT molecular complexity index is 1410. The Balaban J connectivity index is 1.68. The standard InChI is InChI=1S/C25H23FN4O3/c1-16-21-20(24(31)30(27-16)14-17-8-10-19(26)11-9-17)23(33-15-18-6-4-3-5-7-18)22-25(32)28(2)12-13-29(21)22/h3-11H,12-15H2,1-2H3. The molecule has 7 nitrogen and oxygen atoms in total. The van der Waals surface area contributed by atoms with Gasteiger partial charge in [-0.2, -0.15) is 5.10 Å². The van der Waals surface area contributed by atoms with Crippen LogP contribution in [0.3, 0.4) is 0 Å². The highest BCUT2D eigenvalue weighted by molar-refractivity contribution is 6.04. The molecule has 33 heavy (non-hydrogen) atoms. The van der Waals surface area contributed by atoms with E-state index in [0.29, 0.717) is 35.4 Å². The fraction of sp³-hybridized carbons (Fsp3) is 0.240. The predicted molar refractivity (Wildman–Crippen MR) is 122 cm³/mol. The first kappa shape index (κ1) is 20.9. The van der Waals surface area contributed by atoms with Gasteiger partial charge in [0.1, 0.15) is 17.8 Å². The molecule has 1 aliphatic heterocycles. The van der Waals surface area contributed by atoms with Crippen molar-refractivity contribution in [2.45, 2.75) is 26.6 Å². The lowest BCUT2D eigenvalue weighted by Crippen LogP contribution is -2.37. The van der Waals surface area contributed by atoms with Crippen molar-refractivity contribution in [2.75, 3.05) is 13.6 Å². The Morgan fingerprint density at radius 2 is 1.73 bits per heavy atom. The number of aromatic nitrogens is 3. The van der Waals surface area contributed by atoms with Gasteiger partial charge in [-0.15, -0.1) is 0 Å². The van der Waals surface area contributed by atoms with Gasteiger partial charge in [0.15, 0.2) is 11.4 Å². The van der Waals surface area contributed by atoms with Gasteiger partial charge in [-0.3, -0.25) is 9.59 Å². The number of hydrogen-bond acceptors (Lipinski definition) is 4. The number of hydrogen-bond donors (Lipinski definition) is 0. The summed E-state index contributed by atoms with van der Waals surface area (Å²) in [5, 5.41) is 4.86. The van der Waals surface area contributed by atoms with Crippen molar-refractivity contribution < 1.29 is 13.9 Å². The van der Waals surface area contributed by atoms with E-state index in [2.05, 4.69) is 5.10 Å². The summed E-state index contributed by atoms with van der Waals surface area (Å²) in [6, 6.07) is 15.6. The molecule has 168 valence electrons. The third-order valence-corrected chi connectivity index (χ3v) is 5.96. The highest BCUT2D eigenvalue weighted by atomic mass is 19.1. The lowest BCUT2D eigenvalue weighted by Gasteiger charge is -2.25. The molecule has 4 aromatic rings. The Morgan fingerprint density at radius 3 is 2.45 bits per heavy atom. The first-order valence-electron chi connectivity index (χ1n) is 10.7. The molecule has 0 N–H and O–H groups in total. The van der Waals surface area contributed by atoms with Gasteiger partial charge in [0.25, 0.3) is 11.5 Å². The fourth-order valence-corrected chi connectivity index (χ4v) is 4.28. The molecule has 0 fully saturated rings. The van der Waals surface area contributed by atoms with E-state index in [4.69, 9.17) is 4.74 Å². The lowest BCUT2D eigenvalue weighted by atomic mass is 10.2. The summed E-state index contributed by atoms with van der Waals surface area (Å²) in [6.07, 6.45) is 0. The van der Waals surface area contributed by atoms with Crippen molar-refractivity contribution in [3.63, 3.8) is 0 Å². The SMILES string of the molecule is Cc1nn(Cc2ccc(F)cc2)c(=O)c2c(OCc3ccccc3)c3n(c12)CCN(C)C3=O. The normalized spacial score (nSPS) is 13.4. The van der Waals surface area contributed by atoms with E-state index in [1.807, 2.05) is 41.8 Å². The van der Waals surface area contributed by atoms with Crippen molar-refractivity contribution in [1.82, 2.24) is 19.2 Å². The van der Waals surface area contributed by atoms with Crippen molar-refractivity contribution >= 4 is 16.8 Å². The van der Waals surface area contributed by atoms with Crippen molar-refractivity contribution in [3.8, 4) is 5.75 Å². The number of ether oxygens (including phenoxy) is 1. The molecule has 5 rings (SSSR count). The van der Waals surface area contributed by atoms with E-state index in [9.17, 15) is 14.0 Å². The van der Waals surface area contributed by atoms with Crippen LogP contribution in [0.2, 0.25) is 0 Å². The highest BCUT2D eigenvalue weighted by Gasteiger charge is 2.33. The maximum atomic E-state index is 13.6. The number of benzene rings is 2. The number of likely N-dealkylation sites (N-methyl/N-ethyl adjacent to an activating group) is 1. The molecule has 0 bridgehead atoms. The van der Waals surface area contributed by atoms with Crippen LogP contribution < -0.4 is 10.3 Å². The highest BCUT2D eigenvalue weighted by Crippen LogP contribution is 2.35. The number of carbonyl (C=O) groups is 1. The summed E-state index contributed by atoms with van der Waals surface area (Å²) < 4.78 is 22.7. The van der Waals surface area contributed by atoms with Crippen LogP contribution in [0.1, 0.15) is 27.3 Å². The molecule has 8 heteroatoms. The molecular formula is C25H23FN4O3. The minimum atomic E-state index is -0.347. The molecule has 0 radical (unpaired) electrons. The van der Waals surface area contributed by atoms with Crippen molar-refractivity contribution in [1.29, 1.82) is 0 Å². The third-order valence-electron chi connectivity index (χ3n) is 5.96. The zero-order valence-electron chi connectivity index (χ0n) is 18.4. The number of halogens is 1. The lowest BCUT2D eigenvalue weighted by molar-refractivity contribution is 0.0744. The molecule has 0 aliphatic carbocycles.